The molecular formula is C19H29Cl2N5O. The van der Waals surface area contributed by atoms with Crippen molar-refractivity contribution in [1.82, 2.24) is 25.3 Å². The molecule has 0 radical (unpaired) electrons. The van der Waals surface area contributed by atoms with Crippen LogP contribution >= 0.6 is 24.8 Å². The van der Waals surface area contributed by atoms with Gasteiger partial charge in [-0.1, -0.05) is 5.16 Å². The van der Waals surface area contributed by atoms with E-state index in [0.29, 0.717) is 23.2 Å². The van der Waals surface area contributed by atoms with Crippen LogP contribution in [0.15, 0.2) is 29.0 Å². The van der Waals surface area contributed by atoms with Crippen LogP contribution in [-0.2, 0) is 6.54 Å². The Kier molecular flexibility index (Phi) is 8.04. The lowest BCUT2D eigenvalue weighted by Gasteiger charge is -2.45. The van der Waals surface area contributed by atoms with Crippen LogP contribution in [0.3, 0.4) is 0 Å². The summed E-state index contributed by atoms with van der Waals surface area (Å²) >= 11 is 0. The topological polar surface area (TPSA) is 67.1 Å². The molecule has 27 heavy (non-hydrogen) atoms. The largest absolute Gasteiger partial charge is 0.338 e. The summed E-state index contributed by atoms with van der Waals surface area (Å²) in [7, 11) is 2.18. The Balaban J connectivity index is 0.00000131. The number of pyridine rings is 1. The van der Waals surface area contributed by atoms with Crippen LogP contribution in [0.25, 0.3) is 11.4 Å². The molecule has 2 fully saturated rings. The molecule has 1 N–H and O–H groups in total. The molecule has 1 spiro atoms. The van der Waals surface area contributed by atoms with Gasteiger partial charge in [0.15, 0.2) is 0 Å². The lowest BCUT2D eigenvalue weighted by Crippen LogP contribution is -2.43. The summed E-state index contributed by atoms with van der Waals surface area (Å²) in [5.74, 6) is 1.33. The standard InChI is InChI=1S/C19H27N5O.2ClH/c1-24(16-2-6-19(7-3-16)8-12-21-13-9-19)14-17-22-18(23-25-17)15-4-10-20-11-5-15;;/h4-5,10-11,16,21H,2-3,6-9,12-14H2,1H3;2*1H. The second-order valence-corrected chi connectivity index (χ2v) is 7.64. The summed E-state index contributed by atoms with van der Waals surface area (Å²) in [6.45, 7) is 3.11. The number of piperidine rings is 1. The molecule has 2 aromatic rings. The van der Waals surface area contributed by atoms with Crippen LogP contribution in [0.4, 0.5) is 0 Å². The lowest BCUT2D eigenvalue weighted by atomic mass is 9.67. The number of aromatic nitrogens is 3. The smallest absolute Gasteiger partial charge is 0.241 e. The first kappa shape index (κ1) is 22.1. The van der Waals surface area contributed by atoms with Crippen LogP contribution < -0.4 is 5.32 Å². The molecule has 0 bridgehead atoms. The zero-order valence-corrected chi connectivity index (χ0v) is 17.4. The van der Waals surface area contributed by atoms with Gasteiger partial charge in [0.1, 0.15) is 0 Å². The maximum Gasteiger partial charge on any atom is 0.241 e. The minimum atomic E-state index is 0. The van der Waals surface area contributed by atoms with Crippen LogP contribution in [0.2, 0.25) is 0 Å². The molecule has 6 nitrogen and oxygen atoms in total. The zero-order chi connectivity index (χ0) is 17.1. The molecule has 0 amide bonds. The SMILES string of the molecule is CN(Cc1nc(-c2ccncc2)no1)C1CCC2(CCNCC2)CC1.Cl.Cl. The maximum atomic E-state index is 5.46. The third kappa shape index (κ3) is 5.19. The van der Waals surface area contributed by atoms with Crippen LogP contribution in [0.5, 0.6) is 0 Å². The van der Waals surface area contributed by atoms with E-state index in [9.17, 15) is 0 Å². The molecule has 2 aliphatic rings. The fourth-order valence-electron chi connectivity index (χ4n) is 4.39. The quantitative estimate of drug-likeness (QED) is 0.823. The van der Waals surface area contributed by atoms with Gasteiger partial charge in [0.05, 0.1) is 6.54 Å². The average molecular weight is 414 g/mol. The van der Waals surface area contributed by atoms with Crippen LogP contribution in [0.1, 0.15) is 44.4 Å². The first-order chi connectivity index (χ1) is 12.2. The molecule has 1 aliphatic heterocycles. The molecule has 8 heteroatoms. The highest BCUT2D eigenvalue weighted by Crippen LogP contribution is 2.44. The number of halogens is 2. The van der Waals surface area contributed by atoms with Gasteiger partial charge in [-0.25, -0.2) is 0 Å². The Hall–Kier alpha value is -1.21. The summed E-state index contributed by atoms with van der Waals surface area (Å²) in [6.07, 6.45) is 11.5. The molecular weight excluding hydrogens is 385 g/mol. The number of nitrogens with one attached hydrogen (secondary N) is 1. The Morgan fingerprint density at radius 3 is 2.44 bits per heavy atom. The monoisotopic (exact) mass is 413 g/mol. The zero-order valence-electron chi connectivity index (χ0n) is 15.8. The first-order valence-corrected chi connectivity index (χ1v) is 9.38. The second kappa shape index (κ2) is 9.82. The first-order valence-electron chi connectivity index (χ1n) is 9.38. The molecule has 1 saturated carbocycles. The Labute approximate surface area is 173 Å². The molecule has 3 heterocycles. The van der Waals surface area contributed by atoms with Gasteiger partial charge in [-0.05, 0) is 76.2 Å². The van der Waals surface area contributed by atoms with E-state index in [0.717, 1.165) is 12.1 Å². The van der Waals surface area contributed by atoms with Crippen molar-refractivity contribution in [2.24, 2.45) is 5.41 Å². The molecule has 150 valence electrons. The summed E-state index contributed by atoms with van der Waals surface area (Å²) < 4.78 is 5.46. The molecule has 1 saturated heterocycles. The van der Waals surface area contributed by atoms with Gasteiger partial charge in [-0.2, -0.15) is 4.98 Å². The highest BCUT2D eigenvalue weighted by molar-refractivity contribution is 5.85. The summed E-state index contributed by atoms with van der Waals surface area (Å²) in [6, 6.07) is 4.42. The Morgan fingerprint density at radius 2 is 1.78 bits per heavy atom. The predicted octanol–water partition coefficient (Wildman–Crippen LogP) is 3.72. The maximum absolute atomic E-state index is 5.46. The van der Waals surface area contributed by atoms with Gasteiger partial charge in [-0.15, -0.1) is 24.8 Å². The minimum absolute atomic E-state index is 0. The summed E-state index contributed by atoms with van der Waals surface area (Å²) in [5, 5.41) is 7.60. The number of rotatable bonds is 4. The van der Waals surface area contributed by atoms with Crippen molar-refractivity contribution in [3.63, 3.8) is 0 Å². The molecule has 0 aromatic carbocycles. The molecule has 1 aliphatic carbocycles. The van der Waals surface area contributed by atoms with E-state index in [2.05, 4.69) is 32.4 Å². The molecule has 0 atom stereocenters. The Bertz CT molecular complexity index is 680. The van der Waals surface area contributed by atoms with E-state index in [1.807, 2.05) is 12.1 Å². The van der Waals surface area contributed by atoms with Gasteiger partial charge in [-0.3, -0.25) is 9.88 Å². The average Bonchev–Trinajstić information content (AvgIpc) is 3.12. The number of hydrogen-bond donors (Lipinski definition) is 1. The lowest BCUT2D eigenvalue weighted by molar-refractivity contribution is 0.0697. The normalized spacial score (nSPS) is 19.5. The van der Waals surface area contributed by atoms with Crippen molar-refractivity contribution in [3.05, 3.63) is 30.4 Å². The van der Waals surface area contributed by atoms with Gasteiger partial charge in [0.2, 0.25) is 11.7 Å². The summed E-state index contributed by atoms with van der Waals surface area (Å²) in [4.78, 5) is 11.0. The predicted molar refractivity (Wildman–Crippen MR) is 110 cm³/mol. The van der Waals surface area contributed by atoms with Gasteiger partial charge < -0.3 is 9.84 Å². The van der Waals surface area contributed by atoms with Gasteiger partial charge >= 0.3 is 0 Å². The third-order valence-corrected chi connectivity index (χ3v) is 6.09. The van der Waals surface area contributed by atoms with E-state index in [-0.39, 0.29) is 24.8 Å². The van der Waals surface area contributed by atoms with E-state index in [4.69, 9.17) is 4.52 Å². The van der Waals surface area contributed by atoms with E-state index < -0.39 is 0 Å². The minimum Gasteiger partial charge on any atom is -0.338 e. The number of hydrogen-bond acceptors (Lipinski definition) is 6. The van der Waals surface area contributed by atoms with Crippen molar-refractivity contribution in [2.75, 3.05) is 20.1 Å². The van der Waals surface area contributed by atoms with Crippen molar-refractivity contribution < 1.29 is 4.52 Å². The van der Waals surface area contributed by atoms with E-state index in [1.165, 1.54) is 51.6 Å². The Morgan fingerprint density at radius 1 is 1.11 bits per heavy atom. The van der Waals surface area contributed by atoms with Crippen molar-refractivity contribution in [3.8, 4) is 11.4 Å². The third-order valence-electron chi connectivity index (χ3n) is 6.09. The number of nitrogens with zero attached hydrogens (tertiary/aromatic N) is 4. The van der Waals surface area contributed by atoms with E-state index >= 15 is 0 Å². The van der Waals surface area contributed by atoms with Crippen molar-refractivity contribution in [2.45, 2.75) is 51.1 Å². The molecule has 0 unspecified atom stereocenters. The van der Waals surface area contributed by atoms with Crippen molar-refractivity contribution >= 4 is 24.8 Å². The van der Waals surface area contributed by atoms with Gasteiger partial charge in [0, 0.05) is 24.0 Å². The summed E-state index contributed by atoms with van der Waals surface area (Å²) in [5.41, 5.74) is 1.56. The molecule has 2 aromatic heterocycles. The fourth-order valence-corrected chi connectivity index (χ4v) is 4.39. The van der Waals surface area contributed by atoms with E-state index in [1.54, 1.807) is 12.4 Å². The van der Waals surface area contributed by atoms with Crippen LogP contribution in [-0.4, -0.2) is 46.2 Å². The van der Waals surface area contributed by atoms with Crippen molar-refractivity contribution in [1.29, 1.82) is 0 Å². The highest BCUT2D eigenvalue weighted by atomic mass is 35.5. The van der Waals surface area contributed by atoms with Crippen LogP contribution in [0, 0.1) is 5.41 Å². The highest BCUT2D eigenvalue weighted by Gasteiger charge is 2.37. The molecule has 4 rings (SSSR count). The fraction of sp³-hybridized carbons (Fsp3) is 0.632. The van der Waals surface area contributed by atoms with Gasteiger partial charge in [0.25, 0.3) is 0 Å². The second-order valence-electron chi connectivity index (χ2n) is 7.64.